The number of hydrogen-bond acceptors (Lipinski definition) is 1. The molecular formula is C48H33BN2. The zero-order valence-electron chi connectivity index (χ0n) is 29.1. The highest BCUT2D eigenvalue weighted by molar-refractivity contribution is 6.94. The van der Waals surface area contributed by atoms with Gasteiger partial charge >= 0.3 is 6.85 Å². The van der Waals surface area contributed by atoms with E-state index in [4.69, 9.17) is 0 Å². The maximum absolute atomic E-state index is 2.77. The number of rotatable bonds is 0. The highest BCUT2D eigenvalue weighted by Crippen LogP contribution is 2.59. The van der Waals surface area contributed by atoms with Gasteiger partial charge in [0.1, 0.15) is 0 Å². The molecule has 4 aliphatic heterocycles. The summed E-state index contributed by atoms with van der Waals surface area (Å²) in [5, 5.41) is 10.7. The molecule has 0 bridgehead atoms. The summed E-state index contributed by atoms with van der Waals surface area (Å²) >= 11 is 0. The molecular weight excluding hydrogens is 615 g/mol. The van der Waals surface area contributed by atoms with E-state index < -0.39 is 0 Å². The molecule has 3 heteroatoms. The molecule has 9 aromatic rings. The van der Waals surface area contributed by atoms with Gasteiger partial charge in [0.2, 0.25) is 0 Å². The van der Waals surface area contributed by atoms with Gasteiger partial charge in [-0.25, -0.2) is 0 Å². The SMILES string of the molecule is CC1(C)c2cc3ccccc3cc2N2B3c4cccc5c4-n4c6c(c7ccccc7cc6c6c7ccccc7c(c3c64)-c3cccc1c32)C5(C)C. The van der Waals surface area contributed by atoms with E-state index in [1.165, 1.54) is 115 Å². The van der Waals surface area contributed by atoms with E-state index in [-0.39, 0.29) is 17.7 Å². The molecule has 5 heterocycles. The van der Waals surface area contributed by atoms with Crippen molar-refractivity contribution >= 4 is 83.3 Å². The van der Waals surface area contributed by atoms with E-state index in [0.717, 1.165) is 0 Å². The number of benzene rings is 8. The number of para-hydroxylation sites is 2. The Morgan fingerprint density at radius 3 is 1.98 bits per heavy atom. The van der Waals surface area contributed by atoms with Gasteiger partial charge in [0.25, 0.3) is 0 Å². The van der Waals surface area contributed by atoms with Crippen LogP contribution >= 0.6 is 0 Å². The Labute approximate surface area is 296 Å². The fourth-order valence-corrected chi connectivity index (χ4v) is 11.3. The van der Waals surface area contributed by atoms with E-state index >= 15 is 0 Å². The van der Waals surface area contributed by atoms with E-state index in [9.17, 15) is 0 Å². The lowest BCUT2D eigenvalue weighted by Gasteiger charge is -2.50. The smallest absolute Gasteiger partial charge is 0.333 e. The fraction of sp³-hybridized carbons (Fsp3) is 0.125. The predicted octanol–water partition coefficient (Wildman–Crippen LogP) is 10.8. The molecule has 1 aromatic heterocycles. The second-order valence-corrected chi connectivity index (χ2v) is 16.4. The van der Waals surface area contributed by atoms with Crippen molar-refractivity contribution in [2.24, 2.45) is 0 Å². The van der Waals surface area contributed by atoms with Crippen LogP contribution in [-0.4, -0.2) is 11.4 Å². The zero-order valence-corrected chi connectivity index (χ0v) is 29.1. The zero-order chi connectivity index (χ0) is 33.7. The van der Waals surface area contributed by atoms with E-state index in [1.54, 1.807) is 0 Å². The molecule has 2 nitrogen and oxygen atoms in total. The average Bonchev–Trinajstić information content (AvgIpc) is 3.49. The first-order valence-corrected chi connectivity index (χ1v) is 18.4. The summed E-state index contributed by atoms with van der Waals surface area (Å²) in [6.45, 7) is 9.81. The van der Waals surface area contributed by atoms with Crippen molar-refractivity contribution in [3.8, 4) is 16.8 Å². The molecule has 4 aliphatic rings. The molecule has 0 unspecified atom stereocenters. The third-order valence-corrected chi connectivity index (χ3v) is 13.4. The molecule has 0 fully saturated rings. The average molecular weight is 649 g/mol. The van der Waals surface area contributed by atoms with Crippen molar-refractivity contribution in [2.45, 2.75) is 38.5 Å². The number of nitrogens with zero attached hydrogens (tertiary/aromatic N) is 2. The van der Waals surface area contributed by atoms with Crippen LogP contribution in [0.3, 0.4) is 0 Å². The van der Waals surface area contributed by atoms with Crippen molar-refractivity contribution in [2.75, 3.05) is 4.81 Å². The first-order chi connectivity index (χ1) is 24.9. The standard InChI is InChI=1S/C48H33BN2/c1-47(2)34-20-11-19-32-39-30-17-9-10-18-31(30)40-33-23-28-15-7-8-16-29(28)41-44(33)50-45-35(48(41,3)4)21-12-22-37(45)49(42(39)46(40)50)51(43(32)34)38-25-27-14-6-5-13-26(27)24-36(38)47/h5-25H,1-4H3. The quantitative estimate of drug-likeness (QED) is 0.149. The molecule has 0 atom stereocenters. The maximum Gasteiger partial charge on any atom is 0.333 e. The Balaban J connectivity index is 1.33. The van der Waals surface area contributed by atoms with Crippen LogP contribution in [0.2, 0.25) is 0 Å². The Kier molecular flexibility index (Phi) is 4.44. The summed E-state index contributed by atoms with van der Waals surface area (Å²) in [7, 11) is 0. The second kappa shape index (κ2) is 8.38. The van der Waals surface area contributed by atoms with Gasteiger partial charge in [-0.1, -0.05) is 137 Å². The summed E-state index contributed by atoms with van der Waals surface area (Å²) in [6.07, 6.45) is 0. The van der Waals surface area contributed by atoms with Crippen molar-refractivity contribution in [3.63, 3.8) is 0 Å². The molecule has 0 saturated carbocycles. The number of hydrogen-bond donors (Lipinski definition) is 0. The third kappa shape index (κ3) is 2.82. The van der Waals surface area contributed by atoms with Gasteiger partial charge < -0.3 is 9.38 Å². The van der Waals surface area contributed by atoms with Gasteiger partial charge in [0.15, 0.2) is 0 Å². The summed E-state index contributed by atoms with van der Waals surface area (Å²) in [6, 6.07) is 49.0. The fourth-order valence-electron chi connectivity index (χ4n) is 11.3. The molecule has 238 valence electrons. The van der Waals surface area contributed by atoms with Crippen molar-refractivity contribution in [1.82, 2.24) is 4.57 Å². The van der Waals surface area contributed by atoms with Gasteiger partial charge in [0.05, 0.1) is 11.0 Å². The lowest BCUT2D eigenvalue weighted by atomic mass is 9.42. The first kappa shape index (κ1) is 27.0. The maximum atomic E-state index is 2.77. The van der Waals surface area contributed by atoms with Crippen LogP contribution in [-0.2, 0) is 10.8 Å². The third-order valence-electron chi connectivity index (χ3n) is 13.4. The molecule has 0 amide bonds. The Morgan fingerprint density at radius 2 is 1.18 bits per heavy atom. The molecule has 0 N–H and O–H groups in total. The van der Waals surface area contributed by atoms with Crippen molar-refractivity contribution < 1.29 is 0 Å². The monoisotopic (exact) mass is 648 g/mol. The highest BCUT2D eigenvalue weighted by atomic mass is 15.1. The van der Waals surface area contributed by atoms with Crippen LogP contribution < -0.4 is 15.7 Å². The number of anilines is 2. The van der Waals surface area contributed by atoms with Crippen LogP contribution in [0, 0.1) is 0 Å². The normalized spacial score (nSPS) is 16.5. The van der Waals surface area contributed by atoms with Gasteiger partial charge in [-0.15, -0.1) is 0 Å². The summed E-state index contributed by atoms with van der Waals surface area (Å²) in [5.41, 5.74) is 17.8. The van der Waals surface area contributed by atoms with Gasteiger partial charge in [0, 0.05) is 44.2 Å². The molecule has 8 aromatic carbocycles. The largest absolute Gasteiger partial charge is 0.376 e. The van der Waals surface area contributed by atoms with Gasteiger partial charge in [-0.2, -0.15) is 0 Å². The van der Waals surface area contributed by atoms with Crippen LogP contribution in [0.15, 0.2) is 127 Å². The Morgan fingerprint density at radius 1 is 0.510 bits per heavy atom. The summed E-state index contributed by atoms with van der Waals surface area (Å²) in [5.74, 6) is 0. The minimum absolute atomic E-state index is 0.0234. The summed E-state index contributed by atoms with van der Waals surface area (Å²) < 4.78 is 2.72. The lowest BCUT2D eigenvalue weighted by Crippen LogP contribution is -2.62. The lowest BCUT2D eigenvalue weighted by molar-refractivity contribution is 0.634. The number of aromatic nitrogens is 1. The van der Waals surface area contributed by atoms with E-state index in [1.807, 2.05) is 0 Å². The van der Waals surface area contributed by atoms with Crippen LogP contribution in [0.1, 0.15) is 49.9 Å². The second-order valence-electron chi connectivity index (χ2n) is 16.4. The first-order valence-electron chi connectivity index (χ1n) is 18.4. The van der Waals surface area contributed by atoms with E-state index in [0.29, 0.717) is 0 Å². The van der Waals surface area contributed by atoms with Crippen molar-refractivity contribution in [3.05, 3.63) is 150 Å². The Hall–Kier alpha value is -5.80. The minimum atomic E-state index is -0.194. The van der Waals surface area contributed by atoms with Crippen LogP contribution in [0.5, 0.6) is 0 Å². The molecule has 0 aliphatic carbocycles. The van der Waals surface area contributed by atoms with Gasteiger partial charge in [-0.05, 0) is 89.3 Å². The molecule has 13 rings (SSSR count). The molecule has 0 saturated heterocycles. The highest BCUT2D eigenvalue weighted by Gasteiger charge is 2.52. The molecule has 51 heavy (non-hydrogen) atoms. The topological polar surface area (TPSA) is 8.17 Å². The van der Waals surface area contributed by atoms with Crippen molar-refractivity contribution in [1.29, 1.82) is 0 Å². The van der Waals surface area contributed by atoms with Crippen LogP contribution in [0.25, 0.3) is 70.9 Å². The summed E-state index contributed by atoms with van der Waals surface area (Å²) in [4.78, 5) is 2.77. The van der Waals surface area contributed by atoms with Gasteiger partial charge in [-0.3, -0.25) is 0 Å². The number of fused-ring (bicyclic) bond motifs is 12. The Bertz CT molecular complexity index is 3160. The minimum Gasteiger partial charge on any atom is -0.376 e. The van der Waals surface area contributed by atoms with Crippen LogP contribution in [0.4, 0.5) is 11.4 Å². The van der Waals surface area contributed by atoms with E-state index in [2.05, 4.69) is 164 Å². The predicted molar refractivity (Wildman–Crippen MR) is 217 cm³/mol. The molecule has 0 radical (unpaired) electrons. The molecule has 0 spiro atoms.